The van der Waals surface area contributed by atoms with E-state index in [1.165, 1.54) is 22.8 Å². The Morgan fingerprint density at radius 2 is 2.00 bits per heavy atom. The average molecular weight is 232 g/mol. The Morgan fingerprint density at radius 1 is 1.18 bits per heavy atom. The monoisotopic (exact) mass is 232 g/mol. The molecule has 3 nitrogen and oxygen atoms in total. The fraction of sp³-hybridized carbons (Fsp3) is 0.154. The fourth-order valence-electron chi connectivity index (χ4n) is 1.68. The van der Waals surface area contributed by atoms with E-state index in [2.05, 4.69) is 0 Å². The van der Waals surface area contributed by atoms with Crippen molar-refractivity contribution in [2.75, 3.05) is 6.54 Å². The Kier molecular flexibility index (Phi) is 3.35. The Bertz CT molecular complexity index is 578. The largest absolute Gasteiger partial charge is 0.329 e. The maximum Gasteiger partial charge on any atom is 0.250 e. The van der Waals surface area contributed by atoms with E-state index < -0.39 is 0 Å². The molecule has 0 radical (unpaired) electrons. The van der Waals surface area contributed by atoms with Gasteiger partial charge in [0.25, 0.3) is 5.56 Å². The zero-order valence-electron chi connectivity index (χ0n) is 9.27. The molecule has 0 atom stereocenters. The van der Waals surface area contributed by atoms with Crippen molar-refractivity contribution in [1.82, 2.24) is 4.57 Å². The lowest BCUT2D eigenvalue weighted by molar-refractivity contribution is 0.628. The number of hydrogen-bond acceptors (Lipinski definition) is 2. The van der Waals surface area contributed by atoms with Crippen LogP contribution in [0.1, 0.15) is 0 Å². The van der Waals surface area contributed by atoms with Crippen LogP contribution >= 0.6 is 0 Å². The maximum absolute atomic E-state index is 13.1. The Balaban J connectivity index is 2.46. The molecule has 0 aliphatic carbocycles. The summed E-state index contributed by atoms with van der Waals surface area (Å²) < 4.78 is 14.6. The third kappa shape index (κ3) is 2.60. The molecule has 0 saturated heterocycles. The summed E-state index contributed by atoms with van der Waals surface area (Å²) in [6.45, 7) is 0.856. The van der Waals surface area contributed by atoms with E-state index in [0.29, 0.717) is 13.1 Å². The van der Waals surface area contributed by atoms with E-state index in [1.807, 2.05) is 0 Å². The van der Waals surface area contributed by atoms with Gasteiger partial charge < -0.3 is 10.3 Å². The van der Waals surface area contributed by atoms with Crippen molar-refractivity contribution in [3.63, 3.8) is 0 Å². The second-order valence-corrected chi connectivity index (χ2v) is 3.75. The van der Waals surface area contributed by atoms with Crippen molar-refractivity contribution in [2.24, 2.45) is 5.73 Å². The number of aromatic nitrogens is 1. The average Bonchev–Trinajstić information content (AvgIpc) is 2.32. The minimum Gasteiger partial charge on any atom is -0.329 e. The number of nitrogens with zero attached hydrogens (tertiary/aromatic N) is 1. The van der Waals surface area contributed by atoms with Gasteiger partial charge in [-0.2, -0.15) is 0 Å². The summed E-state index contributed by atoms with van der Waals surface area (Å²) in [5.74, 6) is -0.293. The highest BCUT2D eigenvalue weighted by Crippen LogP contribution is 2.18. The summed E-state index contributed by atoms with van der Waals surface area (Å²) in [6.07, 6.45) is 1.70. The van der Waals surface area contributed by atoms with Crippen LogP contribution in [0.25, 0.3) is 11.1 Å². The minimum absolute atomic E-state index is 0.101. The molecule has 1 aromatic carbocycles. The number of hydrogen-bond donors (Lipinski definition) is 1. The predicted octanol–water partition coefficient (Wildman–Crippen LogP) is 1.61. The van der Waals surface area contributed by atoms with Gasteiger partial charge in [0.2, 0.25) is 0 Å². The number of halogens is 1. The van der Waals surface area contributed by atoms with Crippen molar-refractivity contribution < 1.29 is 4.39 Å². The van der Waals surface area contributed by atoms with E-state index in [9.17, 15) is 9.18 Å². The predicted molar refractivity (Wildman–Crippen MR) is 65.2 cm³/mol. The molecule has 0 bridgehead atoms. The second kappa shape index (κ2) is 4.93. The molecule has 1 aromatic heterocycles. The third-order valence-corrected chi connectivity index (χ3v) is 2.51. The topological polar surface area (TPSA) is 48.0 Å². The molecule has 2 N–H and O–H groups in total. The summed E-state index contributed by atoms with van der Waals surface area (Å²) >= 11 is 0. The smallest absolute Gasteiger partial charge is 0.250 e. The Labute approximate surface area is 98.3 Å². The SMILES string of the molecule is NCCn1cc(-c2cccc(F)c2)ccc1=O. The van der Waals surface area contributed by atoms with Gasteiger partial charge in [-0.1, -0.05) is 12.1 Å². The summed E-state index contributed by atoms with van der Waals surface area (Å²) in [4.78, 5) is 11.5. The van der Waals surface area contributed by atoms with Crippen LogP contribution in [0.5, 0.6) is 0 Å². The molecule has 88 valence electrons. The lowest BCUT2D eigenvalue weighted by Crippen LogP contribution is -2.22. The molecule has 2 aromatic rings. The number of benzene rings is 1. The molecule has 17 heavy (non-hydrogen) atoms. The van der Waals surface area contributed by atoms with Crippen LogP contribution in [0.4, 0.5) is 4.39 Å². The first-order chi connectivity index (χ1) is 8.20. The standard InChI is InChI=1S/C13H13FN2O/c14-12-3-1-2-10(8-12)11-4-5-13(17)16(9-11)7-6-15/h1-5,8-9H,6-7,15H2. The lowest BCUT2D eigenvalue weighted by Gasteiger charge is -2.07. The maximum atomic E-state index is 13.1. The summed E-state index contributed by atoms with van der Waals surface area (Å²) in [5, 5.41) is 0. The number of rotatable bonds is 3. The van der Waals surface area contributed by atoms with Crippen molar-refractivity contribution >= 4 is 0 Å². The van der Waals surface area contributed by atoms with Crippen LogP contribution < -0.4 is 11.3 Å². The van der Waals surface area contributed by atoms with Gasteiger partial charge >= 0.3 is 0 Å². The zero-order valence-corrected chi connectivity index (χ0v) is 9.27. The van der Waals surface area contributed by atoms with Crippen LogP contribution in [-0.4, -0.2) is 11.1 Å². The molecule has 1 heterocycles. The van der Waals surface area contributed by atoms with Gasteiger partial charge in [-0.3, -0.25) is 4.79 Å². The van der Waals surface area contributed by atoms with E-state index >= 15 is 0 Å². The van der Waals surface area contributed by atoms with E-state index in [4.69, 9.17) is 5.73 Å². The first-order valence-corrected chi connectivity index (χ1v) is 5.37. The van der Waals surface area contributed by atoms with Gasteiger partial charge in [0.15, 0.2) is 0 Å². The van der Waals surface area contributed by atoms with Crippen molar-refractivity contribution in [3.8, 4) is 11.1 Å². The quantitative estimate of drug-likeness (QED) is 0.874. The highest BCUT2D eigenvalue weighted by Gasteiger charge is 2.02. The van der Waals surface area contributed by atoms with Gasteiger partial charge in [-0.05, 0) is 29.3 Å². The second-order valence-electron chi connectivity index (χ2n) is 3.75. The van der Waals surface area contributed by atoms with Crippen molar-refractivity contribution in [2.45, 2.75) is 6.54 Å². The molecular weight excluding hydrogens is 219 g/mol. The summed E-state index contributed by atoms with van der Waals surface area (Å²) in [6, 6.07) is 9.42. The molecule has 0 saturated carbocycles. The summed E-state index contributed by atoms with van der Waals surface area (Å²) in [7, 11) is 0. The summed E-state index contributed by atoms with van der Waals surface area (Å²) in [5.41, 5.74) is 6.87. The lowest BCUT2D eigenvalue weighted by atomic mass is 10.1. The molecule has 2 rings (SSSR count). The van der Waals surface area contributed by atoms with Crippen LogP contribution in [0.2, 0.25) is 0 Å². The molecule has 0 spiro atoms. The van der Waals surface area contributed by atoms with Crippen molar-refractivity contribution in [1.29, 1.82) is 0 Å². The van der Waals surface area contributed by atoms with Crippen LogP contribution in [-0.2, 0) is 6.54 Å². The fourth-order valence-corrected chi connectivity index (χ4v) is 1.68. The molecular formula is C13H13FN2O. The molecule has 0 unspecified atom stereocenters. The van der Waals surface area contributed by atoms with E-state index in [-0.39, 0.29) is 11.4 Å². The molecule has 0 aliphatic heterocycles. The highest BCUT2D eigenvalue weighted by molar-refractivity contribution is 5.62. The minimum atomic E-state index is -0.293. The van der Waals surface area contributed by atoms with Gasteiger partial charge in [0.05, 0.1) is 0 Å². The Hall–Kier alpha value is -1.94. The molecule has 4 heteroatoms. The molecule has 0 aliphatic rings. The van der Waals surface area contributed by atoms with E-state index in [1.54, 1.807) is 24.4 Å². The van der Waals surface area contributed by atoms with E-state index in [0.717, 1.165) is 11.1 Å². The van der Waals surface area contributed by atoms with Gasteiger partial charge in [-0.15, -0.1) is 0 Å². The first-order valence-electron chi connectivity index (χ1n) is 5.37. The van der Waals surface area contributed by atoms with Crippen LogP contribution in [0.15, 0.2) is 47.4 Å². The Morgan fingerprint density at radius 3 is 2.71 bits per heavy atom. The van der Waals surface area contributed by atoms with Crippen molar-refractivity contribution in [3.05, 3.63) is 58.8 Å². The van der Waals surface area contributed by atoms with Gasteiger partial charge in [0.1, 0.15) is 5.82 Å². The normalized spacial score (nSPS) is 10.5. The highest BCUT2D eigenvalue weighted by atomic mass is 19.1. The molecule has 0 amide bonds. The number of pyridine rings is 1. The number of nitrogens with two attached hydrogens (primary N) is 1. The first kappa shape index (κ1) is 11.5. The molecule has 0 fully saturated rings. The van der Waals surface area contributed by atoms with Gasteiger partial charge in [0, 0.05) is 25.4 Å². The van der Waals surface area contributed by atoms with Crippen LogP contribution in [0, 0.1) is 5.82 Å². The van der Waals surface area contributed by atoms with Gasteiger partial charge in [-0.25, -0.2) is 4.39 Å². The zero-order chi connectivity index (χ0) is 12.3. The van der Waals surface area contributed by atoms with Crippen LogP contribution in [0.3, 0.4) is 0 Å². The third-order valence-electron chi connectivity index (χ3n) is 2.51.